The Balaban J connectivity index is 0.000000148. The minimum absolute atomic E-state index is 0. The van der Waals surface area contributed by atoms with Gasteiger partial charge >= 0.3 is 0 Å². The van der Waals surface area contributed by atoms with Gasteiger partial charge in [0.1, 0.15) is 0 Å². The maximum absolute atomic E-state index is 13.5. The van der Waals surface area contributed by atoms with Crippen LogP contribution in [0.25, 0.3) is 0 Å². The van der Waals surface area contributed by atoms with Crippen molar-refractivity contribution in [3.63, 3.8) is 0 Å². The molecule has 0 amide bonds. The Morgan fingerprint density at radius 2 is 0.780 bits per heavy atom. The smallest absolute Gasteiger partial charge is 0.174 e. The third-order valence-electron chi connectivity index (χ3n) is 9.77. The predicted molar refractivity (Wildman–Crippen MR) is 221 cm³/mol. The van der Waals surface area contributed by atoms with E-state index >= 15 is 0 Å². The summed E-state index contributed by atoms with van der Waals surface area (Å²) >= 11 is 0. The van der Waals surface area contributed by atoms with Gasteiger partial charge in [0.2, 0.25) is 0 Å². The lowest BCUT2D eigenvalue weighted by Crippen LogP contribution is -1.91. The van der Waals surface area contributed by atoms with E-state index in [2.05, 4.69) is 35.5 Å². The first-order valence-electron chi connectivity index (χ1n) is 18.6. The number of carbonyl (C=O) groups excluding carboxylic acids is 3. The molecule has 6 aromatic carbocycles. The second-order valence-corrected chi connectivity index (χ2v) is 13.7. The lowest BCUT2D eigenvalue weighted by molar-refractivity contribution is 0.0986. The van der Waals surface area contributed by atoms with E-state index in [9.17, 15) is 31.9 Å². The molecular weight excluding hydrogens is 749 g/mol. The Bertz CT molecular complexity index is 2800. The van der Waals surface area contributed by atoms with E-state index in [0.717, 1.165) is 87.5 Å². The predicted octanol–water partition coefficient (Wildman–Crippen LogP) is 10.8. The monoisotopic (exact) mass is 784 g/mol. The summed E-state index contributed by atoms with van der Waals surface area (Å²) in [5, 5.41) is 0. The van der Waals surface area contributed by atoms with Crippen LogP contribution in [0.4, 0.5) is 17.6 Å². The fourth-order valence-electron chi connectivity index (χ4n) is 6.72. The van der Waals surface area contributed by atoms with Crippen molar-refractivity contribution in [2.75, 3.05) is 0 Å². The van der Waals surface area contributed by atoms with Gasteiger partial charge in [-0.3, -0.25) is 14.4 Å². The molecule has 290 valence electrons. The topological polar surface area (TPSA) is 51.2 Å². The maximum atomic E-state index is 13.5. The lowest BCUT2D eigenvalue weighted by atomic mass is 10.1. The molecule has 0 saturated heterocycles. The molecular formula is C52H36F4O3. The van der Waals surface area contributed by atoms with E-state index in [4.69, 9.17) is 0 Å². The highest BCUT2D eigenvalue weighted by Crippen LogP contribution is 2.25. The SMILES string of the molecule is C.O=C1CCc2cc(C#Cc3ccc(F)c(F)c3)ccc21.O=C1CCc2cc(C#Cc3cccc(F)c3F)ccc21.O=C1CCc2cc(C#Cc3ccccc3)ccc21. The molecule has 9 rings (SSSR count). The summed E-state index contributed by atoms with van der Waals surface area (Å²) in [5.41, 5.74) is 9.40. The molecule has 3 aliphatic rings. The third-order valence-corrected chi connectivity index (χ3v) is 9.77. The number of rotatable bonds is 0. The van der Waals surface area contributed by atoms with Gasteiger partial charge in [0.05, 0.1) is 5.56 Å². The largest absolute Gasteiger partial charge is 0.294 e. The van der Waals surface area contributed by atoms with Gasteiger partial charge in [0, 0.05) is 63.8 Å². The summed E-state index contributed by atoms with van der Waals surface area (Å²) in [6, 6.07) is 34.0. The first-order chi connectivity index (χ1) is 28.1. The summed E-state index contributed by atoms with van der Waals surface area (Å²) < 4.78 is 52.3. The number of benzene rings is 6. The average Bonchev–Trinajstić information content (AvgIpc) is 3.93. The van der Waals surface area contributed by atoms with E-state index in [1.54, 1.807) is 24.3 Å². The molecule has 3 aliphatic carbocycles. The number of hydrogen-bond donors (Lipinski definition) is 0. The molecule has 0 bridgehead atoms. The van der Waals surface area contributed by atoms with Crippen LogP contribution in [0.5, 0.6) is 0 Å². The van der Waals surface area contributed by atoms with Gasteiger partial charge in [0.15, 0.2) is 40.6 Å². The minimum Gasteiger partial charge on any atom is -0.294 e. The number of aryl methyl sites for hydroxylation is 3. The summed E-state index contributed by atoms with van der Waals surface area (Å²) in [6.45, 7) is 0. The Labute approximate surface area is 341 Å². The zero-order chi connectivity index (χ0) is 40.6. The fourth-order valence-corrected chi connectivity index (χ4v) is 6.72. The van der Waals surface area contributed by atoms with Crippen LogP contribution in [0.1, 0.15) is 108 Å². The van der Waals surface area contributed by atoms with Crippen molar-refractivity contribution < 1.29 is 31.9 Å². The van der Waals surface area contributed by atoms with Crippen LogP contribution in [0.2, 0.25) is 0 Å². The van der Waals surface area contributed by atoms with Crippen molar-refractivity contribution in [3.05, 3.63) is 211 Å². The van der Waals surface area contributed by atoms with Crippen LogP contribution < -0.4 is 0 Å². The number of carbonyl (C=O) groups is 3. The standard InChI is InChI=1S/2C17H10F2O.C17H12O.CH4/c18-15-7-4-12(10-16(15)19)2-1-11-3-6-14-13(9-11)5-8-17(14)20;18-15-3-1-2-12(17(15)19)6-4-11-5-8-14-13(10-11)7-9-16(14)20;18-17-11-9-15-12-14(8-10-16(15)17)7-6-13-4-2-1-3-5-13;/h3-4,6-7,9-10H,5,8H2;1-3,5,8,10H,7,9H2;1-5,8,10,12H,9,11H2;1H4. The van der Waals surface area contributed by atoms with E-state index in [1.165, 1.54) is 18.2 Å². The molecule has 0 aromatic heterocycles. The maximum Gasteiger partial charge on any atom is 0.174 e. The van der Waals surface area contributed by atoms with Gasteiger partial charge in [-0.05, 0) is 133 Å². The van der Waals surface area contributed by atoms with Crippen LogP contribution in [0.3, 0.4) is 0 Å². The number of halogens is 4. The molecule has 0 N–H and O–H groups in total. The van der Waals surface area contributed by atoms with Crippen LogP contribution in [-0.2, 0) is 19.3 Å². The third kappa shape index (κ3) is 10.2. The van der Waals surface area contributed by atoms with Gasteiger partial charge in [-0.2, -0.15) is 0 Å². The molecule has 3 nitrogen and oxygen atoms in total. The van der Waals surface area contributed by atoms with Crippen molar-refractivity contribution >= 4 is 17.3 Å². The molecule has 7 heteroatoms. The van der Waals surface area contributed by atoms with Crippen molar-refractivity contribution in [2.45, 2.75) is 46.0 Å². The minimum atomic E-state index is -0.934. The van der Waals surface area contributed by atoms with Crippen LogP contribution >= 0.6 is 0 Å². The average molecular weight is 785 g/mol. The number of Topliss-reactive ketones (excluding diaryl/α,β-unsaturated/α-hetero) is 3. The van der Waals surface area contributed by atoms with Gasteiger partial charge in [-0.25, -0.2) is 17.6 Å². The second kappa shape index (κ2) is 18.8. The van der Waals surface area contributed by atoms with E-state index in [0.29, 0.717) is 30.4 Å². The van der Waals surface area contributed by atoms with Crippen molar-refractivity contribution in [2.24, 2.45) is 0 Å². The molecule has 0 aliphatic heterocycles. The highest BCUT2D eigenvalue weighted by Gasteiger charge is 2.20. The summed E-state index contributed by atoms with van der Waals surface area (Å²) in [7, 11) is 0. The molecule has 6 aromatic rings. The summed E-state index contributed by atoms with van der Waals surface area (Å²) in [5.74, 6) is 14.3. The number of fused-ring (bicyclic) bond motifs is 3. The normalized spacial score (nSPS) is 12.6. The zero-order valence-electron chi connectivity index (χ0n) is 31.0. The van der Waals surface area contributed by atoms with Crippen molar-refractivity contribution in [3.8, 4) is 35.5 Å². The Morgan fingerprint density at radius 3 is 1.25 bits per heavy atom. The van der Waals surface area contributed by atoms with Gasteiger partial charge in [0.25, 0.3) is 0 Å². The molecule has 0 saturated carbocycles. The van der Waals surface area contributed by atoms with Gasteiger partial charge in [-0.1, -0.05) is 67.2 Å². The Hall–Kier alpha value is -7.27. The zero-order valence-corrected chi connectivity index (χ0v) is 31.0. The quantitative estimate of drug-likeness (QED) is 0.114. The van der Waals surface area contributed by atoms with Crippen molar-refractivity contribution in [1.29, 1.82) is 0 Å². The summed E-state index contributed by atoms with van der Waals surface area (Å²) in [6.07, 6.45) is 4.05. The first kappa shape index (κ1) is 41.4. The molecule has 0 fully saturated rings. The number of ketones is 3. The highest BCUT2D eigenvalue weighted by molar-refractivity contribution is 6.01. The molecule has 0 atom stereocenters. The van der Waals surface area contributed by atoms with E-state index < -0.39 is 23.3 Å². The second-order valence-electron chi connectivity index (χ2n) is 13.7. The van der Waals surface area contributed by atoms with E-state index in [-0.39, 0.29) is 30.3 Å². The van der Waals surface area contributed by atoms with E-state index in [1.807, 2.05) is 60.7 Å². The molecule has 0 spiro atoms. The fraction of sp³-hybridized carbons (Fsp3) is 0.135. The van der Waals surface area contributed by atoms with Gasteiger partial charge < -0.3 is 0 Å². The summed E-state index contributed by atoms with van der Waals surface area (Å²) in [4.78, 5) is 34.5. The number of hydrogen-bond acceptors (Lipinski definition) is 3. The van der Waals surface area contributed by atoms with Crippen LogP contribution in [-0.4, -0.2) is 17.3 Å². The molecule has 0 radical (unpaired) electrons. The molecule has 0 heterocycles. The highest BCUT2D eigenvalue weighted by atomic mass is 19.2. The Morgan fingerprint density at radius 1 is 0.356 bits per heavy atom. The van der Waals surface area contributed by atoms with Crippen LogP contribution in [0.15, 0.2) is 121 Å². The van der Waals surface area contributed by atoms with Crippen LogP contribution in [0, 0.1) is 58.8 Å². The van der Waals surface area contributed by atoms with Crippen molar-refractivity contribution in [1.82, 2.24) is 0 Å². The van der Waals surface area contributed by atoms with Gasteiger partial charge in [-0.15, -0.1) is 0 Å². The molecule has 59 heavy (non-hydrogen) atoms. The first-order valence-corrected chi connectivity index (χ1v) is 18.6. The lowest BCUT2D eigenvalue weighted by Gasteiger charge is -1.98. The molecule has 0 unspecified atom stereocenters. The Kier molecular flexibility index (Phi) is 13.2.